The van der Waals surface area contributed by atoms with Crippen LogP contribution in [0.4, 0.5) is 4.39 Å². The van der Waals surface area contributed by atoms with E-state index in [1.54, 1.807) is 52.2 Å². The maximum Gasteiger partial charge on any atom is 0.153 e. The van der Waals surface area contributed by atoms with Gasteiger partial charge >= 0.3 is 0 Å². The molecule has 1 fully saturated rings. The molecule has 10 heteroatoms. The Balaban J connectivity index is 1.94. The van der Waals surface area contributed by atoms with Crippen molar-refractivity contribution in [3.8, 4) is 0 Å². The van der Waals surface area contributed by atoms with Crippen LogP contribution in [0.1, 0.15) is 50.8 Å². The number of ether oxygens (including phenoxy) is 2. The molecule has 4 heterocycles. The number of fused-ring (bicyclic) bond motifs is 4. The lowest BCUT2D eigenvalue weighted by atomic mass is 9.87. The highest BCUT2D eigenvalue weighted by Crippen LogP contribution is 2.41. The van der Waals surface area contributed by atoms with Gasteiger partial charge in [-0.15, -0.1) is 0 Å². The van der Waals surface area contributed by atoms with E-state index in [1.807, 2.05) is 10.6 Å². The van der Waals surface area contributed by atoms with Crippen molar-refractivity contribution in [1.82, 2.24) is 14.6 Å². The number of pyridine rings is 1. The summed E-state index contributed by atoms with van der Waals surface area (Å²) < 4.78 is 29.9. The zero-order chi connectivity index (χ0) is 27.4. The van der Waals surface area contributed by atoms with E-state index in [4.69, 9.17) is 26.0 Å². The summed E-state index contributed by atoms with van der Waals surface area (Å²) in [5.41, 5.74) is 8.61. The van der Waals surface area contributed by atoms with E-state index in [0.717, 1.165) is 0 Å². The largest absolute Gasteiger partial charge is 0.492 e. The topological polar surface area (TPSA) is 136 Å². The maximum absolute atomic E-state index is 16.4. The van der Waals surface area contributed by atoms with Gasteiger partial charge in [0.25, 0.3) is 0 Å². The minimum absolute atomic E-state index is 0.00755. The van der Waals surface area contributed by atoms with Crippen LogP contribution in [-0.2, 0) is 15.1 Å². The summed E-state index contributed by atoms with van der Waals surface area (Å²) >= 11 is 0. The Hall–Kier alpha value is -3.47. The number of nitrogens with one attached hydrogen (secondary N) is 1. The lowest BCUT2D eigenvalue weighted by Crippen LogP contribution is -2.31. The summed E-state index contributed by atoms with van der Waals surface area (Å²) in [5.74, 6) is 6.18. The number of allylic oxidation sites excluding steroid dienone is 2. The van der Waals surface area contributed by atoms with Gasteiger partial charge in [0, 0.05) is 43.0 Å². The minimum atomic E-state index is -1.41. The zero-order valence-corrected chi connectivity index (χ0v) is 22.2. The molecule has 202 valence electrons. The molecule has 3 aromatic rings. The third-order valence-electron chi connectivity index (χ3n) is 7.45. The van der Waals surface area contributed by atoms with Crippen LogP contribution in [0, 0.1) is 17.1 Å². The van der Waals surface area contributed by atoms with Crippen LogP contribution in [0.2, 0.25) is 0 Å². The van der Waals surface area contributed by atoms with E-state index in [-0.39, 0.29) is 23.8 Å². The molecule has 2 bridgehead atoms. The summed E-state index contributed by atoms with van der Waals surface area (Å²) in [5, 5.41) is 22.0. The highest BCUT2D eigenvalue weighted by molar-refractivity contribution is 6.09. The molecule has 0 spiro atoms. The molecule has 2 aromatic heterocycles. The molecule has 2 aliphatic heterocycles. The van der Waals surface area contributed by atoms with Gasteiger partial charge in [0.2, 0.25) is 0 Å². The standard InChI is InChI=1S/C28H35FN6O3/c1-15-11-20(30)26(16-7-9-37-10-8-16)35-22-12-17(25(34(4)32)21(31)14-38-15)13-33-24(22)18-5-6-19(28(2,3)36)23(29)27(18)35/h5-6,11-13,16,26,30,36H,7-10,14,31-32H2,1-4H3/b15-11-,25-21-,30-20?. The van der Waals surface area contributed by atoms with Gasteiger partial charge in [-0.3, -0.25) is 4.98 Å². The predicted octanol–water partition coefficient (Wildman–Crippen LogP) is 3.91. The first-order valence-corrected chi connectivity index (χ1v) is 12.8. The Bertz CT molecular complexity index is 1480. The van der Waals surface area contributed by atoms with E-state index in [9.17, 15) is 10.5 Å². The summed E-state index contributed by atoms with van der Waals surface area (Å²) in [6.07, 6.45) is 4.77. The van der Waals surface area contributed by atoms with E-state index in [1.165, 1.54) is 5.01 Å². The number of nitrogens with two attached hydrogens (primary N) is 2. The molecule has 0 amide bonds. The summed E-state index contributed by atoms with van der Waals surface area (Å²) in [6.45, 7) is 6.10. The van der Waals surface area contributed by atoms with Crippen molar-refractivity contribution in [1.29, 1.82) is 5.41 Å². The Morgan fingerprint density at radius 3 is 2.63 bits per heavy atom. The minimum Gasteiger partial charge on any atom is -0.492 e. The highest BCUT2D eigenvalue weighted by atomic mass is 19.1. The second-order valence-electron chi connectivity index (χ2n) is 10.7. The van der Waals surface area contributed by atoms with Gasteiger partial charge in [-0.2, -0.15) is 0 Å². The third-order valence-corrected chi connectivity index (χ3v) is 7.45. The maximum atomic E-state index is 16.4. The van der Waals surface area contributed by atoms with Crippen LogP contribution in [0.15, 0.2) is 41.9 Å². The fourth-order valence-electron chi connectivity index (χ4n) is 5.70. The van der Waals surface area contributed by atoms with Gasteiger partial charge < -0.3 is 35.3 Å². The Labute approximate surface area is 221 Å². The van der Waals surface area contributed by atoms with E-state index in [0.29, 0.717) is 70.7 Å². The Morgan fingerprint density at radius 2 is 1.97 bits per heavy atom. The van der Waals surface area contributed by atoms with Gasteiger partial charge in [-0.1, -0.05) is 12.1 Å². The molecule has 38 heavy (non-hydrogen) atoms. The van der Waals surface area contributed by atoms with Crippen LogP contribution < -0.4 is 11.6 Å². The van der Waals surface area contributed by atoms with Crippen molar-refractivity contribution >= 4 is 33.3 Å². The molecule has 6 N–H and O–H groups in total. The molecule has 1 saturated heterocycles. The van der Waals surface area contributed by atoms with E-state index >= 15 is 4.39 Å². The fraction of sp³-hybridized carbons (Fsp3) is 0.429. The average molecular weight is 523 g/mol. The molecule has 0 radical (unpaired) electrons. The molecular formula is C28H35FN6O3. The van der Waals surface area contributed by atoms with Crippen molar-refractivity contribution in [2.24, 2.45) is 17.5 Å². The van der Waals surface area contributed by atoms with Gasteiger partial charge in [0.05, 0.1) is 51.1 Å². The van der Waals surface area contributed by atoms with Gasteiger partial charge in [0.15, 0.2) is 5.82 Å². The Kier molecular flexibility index (Phi) is 6.66. The first-order chi connectivity index (χ1) is 18.0. The molecule has 9 nitrogen and oxygen atoms in total. The quantitative estimate of drug-likeness (QED) is 0.302. The number of nitrogens with zero attached hydrogens (tertiary/aromatic N) is 3. The van der Waals surface area contributed by atoms with Crippen molar-refractivity contribution in [2.75, 3.05) is 26.9 Å². The first kappa shape index (κ1) is 26.1. The molecule has 0 saturated carbocycles. The van der Waals surface area contributed by atoms with Crippen molar-refractivity contribution in [2.45, 2.75) is 45.3 Å². The molecule has 5 rings (SSSR count). The SMILES string of the molecule is C/C1=C/C(=N)C(C2CCOCC2)n2c3cc(cnc3c3ccc(C(C)(C)O)c(F)c32)/C(N(C)N)=C(/N)CO1. The van der Waals surface area contributed by atoms with Gasteiger partial charge in [-0.25, -0.2) is 10.2 Å². The van der Waals surface area contributed by atoms with Crippen LogP contribution in [0.3, 0.4) is 0 Å². The first-order valence-electron chi connectivity index (χ1n) is 12.8. The molecular weight excluding hydrogens is 487 g/mol. The van der Waals surface area contributed by atoms with Crippen LogP contribution in [0.5, 0.6) is 0 Å². The summed E-state index contributed by atoms with van der Waals surface area (Å²) in [6, 6.07) is 4.77. The fourth-order valence-corrected chi connectivity index (χ4v) is 5.70. The predicted molar refractivity (Wildman–Crippen MR) is 146 cm³/mol. The molecule has 0 aliphatic carbocycles. The number of hydrogen-bond donors (Lipinski definition) is 4. The van der Waals surface area contributed by atoms with Crippen LogP contribution in [-0.4, -0.2) is 52.2 Å². The molecule has 1 unspecified atom stereocenters. The normalized spacial score (nSPS) is 23.2. The highest BCUT2D eigenvalue weighted by Gasteiger charge is 2.34. The number of hydrogen-bond acceptors (Lipinski definition) is 8. The third kappa shape index (κ3) is 4.42. The lowest BCUT2D eigenvalue weighted by molar-refractivity contribution is 0.0583. The number of benzene rings is 1. The zero-order valence-electron chi connectivity index (χ0n) is 22.2. The monoisotopic (exact) mass is 522 g/mol. The van der Waals surface area contributed by atoms with E-state index in [2.05, 4.69) is 0 Å². The molecule has 2 aliphatic rings. The van der Waals surface area contributed by atoms with Crippen LogP contribution >= 0.6 is 0 Å². The van der Waals surface area contributed by atoms with Gasteiger partial charge in [-0.05, 0) is 51.7 Å². The lowest BCUT2D eigenvalue weighted by Gasteiger charge is -2.33. The van der Waals surface area contributed by atoms with E-state index < -0.39 is 17.5 Å². The van der Waals surface area contributed by atoms with Crippen molar-refractivity contribution in [3.63, 3.8) is 0 Å². The molecule has 1 atom stereocenters. The smallest absolute Gasteiger partial charge is 0.153 e. The number of aromatic nitrogens is 2. The van der Waals surface area contributed by atoms with Crippen molar-refractivity contribution < 1.29 is 19.0 Å². The molecule has 1 aromatic carbocycles. The number of halogens is 1. The van der Waals surface area contributed by atoms with Crippen LogP contribution in [0.25, 0.3) is 27.6 Å². The van der Waals surface area contributed by atoms with Gasteiger partial charge in [0.1, 0.15) is 6.61 Å². The average Bonchev–Trinajstić information content (AvgIpc) is 3.17. The second kappa shape index (κ2) is 9.68. The number of rotatable bonds is 3. The Morgan fingerprint density at radius 1 is 1.26 bits per heavy atom. The number of hydrazine groups is 1. The summed E-state index contributed by atoms with van der Waals surface area (Å²) in [4.78, 5) is 4.76. The van der Waals surface area contributed by atoms with Crippen molar-refractivity contribution in [3.05, 3.63) is 58.9 Å². The number of aliphatic hydroxyl groups is 1. The second-order valence-corrected chi connectivity index (χ2v) is 10.7. The summed E-state index contributed by atoms with van der Waals surface area (Å²) in [7, 11) is 1.69.